The van der Waals surface area contributed by atoms with Crippen LogP contribution in [0.2, 0.25) is 0 Å². The van der Waals surface area contributed by atoms with E-state index in [-0.39, 0.29) is 24.5 Å². The Bertz CT molecular complexity index is 1100. The molecule has 1 aliphatic heterocycles. The highest BCUT2D eigenvalue weighted by Crippen LogP contribution is 2.45. The first-order chi connectivity index (χ1) is 17.3. The molecular formula is C27H33NO8. The van der Waals surface area contributed by atoms with Crippen molar-refractivity contribution < 1.29 is 38.4 Å². The lowest BCUT2D eigenvalue weighted by atomic mass is 9.94. The topological polar surface area (TPSA) is 104 Å². The van der Waals surface area contributed by atoms with Crippen molar-refractivity contribution in [3.8, 4) is 23.0 Å². The summed E-state index contributed by atoms with van der Waals surface area (Å²) in [6.07, 6.45) is 0. The molecule has 9 nitrogen and oxygen atoms in total. The van der Waals surface area contributed by atoms with Crippen molar-refractivity contribution in [2.45, 2.75) is 19.9 Å². The molecule has 1 unspecified atom stereocenters. The fraction of sp³-hybridized carbons (Fsp3) is 0.407. The van der Waals surface area contributed by atoms with Gasteiger partial charge in [-0.25, -0.2) is 0 Å². The van der Waals surface area contributed by atoms with Crippen LogP contribution in [-0.2, 0) is 14.3 Å². The number of ketones is 1. The minimum Gasteiger partial charge on any atom is -0.507 e. The van der Waals surface area contributed by atoms with Crippen molar-refractivity contribution in [3.05, 3.63) is 53.1 Å². The molecule has 194 valence electrons. The van der Waals surface area contributed by atoms with Gasteiger partial charge in [-0.2, -0.15) is 0 Å². The van der Waals surface area contributed by atoms with Crippen LogP contribution in [0.4, 0.5) is 0 Å². The number of aliphatic hydroxyl groups excluding tert-OH is 1. The van der Waals surface area contributed by atoms with E-state index in [1.54, 1.807) is 36.4 Å². The first kappa shape index (κ1) is 26.9. The maximum Gasteiger partial charge on any atom is 0.295 e. The Kier molecular flexibility index (Phi) is 8.82. The molecule has 0 radical (unpaired) electrons. The Hall–Kier alpha value is -3.72. The summed E-state index contributed by atoms with van der Waals surface area (Å²) in [5.74, 6) is 0.275. The highest BCUT2D eigenvalue weighted by atomic mass is 16.5. The number of methoxy groups -OCH3 is 4. The zero-order chi connectivity index (χ0) is 26.4. The molecule has 0 saturated carbocycles. The third-order valence-electron chi connectivity index (χ3n) is 5.79. The first-order valence-electron chi connectivity index (χ1n) is 11.6. The molecule has 1 fully saturated rings. The highest BCUT2D eigenvalue weighted by molar-refractivity contribution is 6.46. The van der Waals surface area contributed by atoms with Crippen LogP contribution in [0.1, 0.15) is 31.0 Å². The minimum absolute atomic E-state index is 0.0405. The molecule has 1 amide bonds. The lowest BCUT2D eigenvalue weighted by Gasteiger charge is -2.26. The molecule has 1 aliphatic rings. The molecule has 3 rings (SSSR count). The van der Waals surface area contributed by atoms with Crippen LogP contribution in [0.25, 0.3) is 5.76 Å². The van der Waals surface area contributed by atoms with E-state index in [4.69, 9.17) is 23.7 Å². The van der Waals surface area contributed by atoms with Crippen molar-refractivity contribution in [3.63, 3.8) is 0 Å². The van der Waals surface area contributed by atoms with Crippen LogP contribution in [0.5, 0.6) is 23.0 Å². The maximum atomic E-state index is 13.2. The van der Waals surface area contributed by atoms with Gasteiger partial charge in [-0.15, -0.1) is 0 Å². The van der Waals surface area contributed by atoms with Gasteiger partial charge in [0.1, 0.15) is 11.5 Å². The second-order valence-electron chi connectivity index (χ2n) is 8.67. The standard InChI is InChI=1S/C27H33NO8/c1-16(2)15-36-19-9-7-17(8-10-19)24(29)22-23(28(11-12-32-3)27(31)25(22)30)18-13-20(33-4)26(35-6)21(14-18)34-5/h7-10,13-14,16,23,29H,11-12,15H2,1-6H3. The largest absolute Gasteiger partial charge is 0.507 e. The Morgan fingerprint density at radius 3 is 2.08 bits per heavy atom. The molecule has 1 saturated heterocycles. The lowest BCUT2D eigenvalue weighted by Crippen LogP contribution is -2.32. The fourth-order valence-electron chi connectivity index (χ4n) is 4.03. The summed E-state index contributed by atoms with van der Waals surface area (Å²) >= 11 is 0. The average molecular weight is 500 g/mol. The van der Waals surface area contributed by atoms with Gasteiger partial charge < -0.3 is 33.7 Å². The Morgan fingerprint density at radius 1 is 0.972 bits per heavy atom. The van der Waals surface area contributed by atoms with Crippen LogP contribution >= 0.6 is 0 Å². The van der Waals surface area contributed by atoms with E-state index in [9.17, 15) is 14.7 Å². The van der Waals surface area contributed by atoms with Gasteiger partial charge in [-0.1, -0.05) is 13.8 Å². The molecule has 9 heteroatoms. The van der Waals surface area contributed by atoms with Crippen molar-refractivity contribution in [2.75, 3.05) is 48.2 Å². The zero-order valence-corrected chi connectivity index (χ0v) is 21.5. The molecule has 0 aliphatic carbocycles. The molecule has 0 aromatic heterocycles. The van der Waals surface area contributed by atoms with Crippen LogP contribution in [0, 0.1) is 5.92 Å². The normalized spacial score (nSPS) is 17.0. The number of hydrogen-bond acceptors (Lipinski definition) is 8. The summed E-state index contributed by atoms with van der Waals surface area (Å²) in [4.78, 5) is 27.6. The Balaban J connectivity index is 2.14. The van der Waals surface area contributed by atoms with E-state index in [1.807, 2.05) is 13.8 Å². The van der Waals surface area contributed by atoms with Crippen LogP contribution in [0.3, 0.4) is 0 Å². The van der Waals surface area contributed by atoms with Crippen molar-refractivity contribution in [2.24, 2.45) is 5.92 Å². The van der Waals surface area contributed by atoms with Gasteiger partial charge in [-0.05, 0) is 47.9 Å². The van der Waals surface area contributed by atoms with Gasteiger partial charge >= 0.3 is 0 Å². The van der Waals surface area contributed by atoms with E-state index < -0.39 is 17.7 Å². The van der Waals surface area contributed by atoms with E-state index in [1.165, 1.54) is 33.3 Å². The van der Waals surface area contributed by atoms with Gasteiger partial charge in [0.05, 0.1) is 46.2 Å². The fourth-order valence-corrected chi connectivity index (χ4v) is 4.03. The summed E-state index contributed by atoms with van der Waals surface area (Å²) in [5, 5.41) is 11.3. The van der Waals surface area contributed by atoms with Crippen molar-refractivity contribution in [1.29, 1.82) is 0 Å². The van der Waals surface area contributed by atoms with Gasteiger partial charge in [0.2, 0.25) is 5.75 Å². The second-order valence-corrected chi connectivity index (χ2v) is 8.67. The van der Waals surface area contributed by atoms with E-state index in [0.717, 1.165) is 0 Å². The number of nitrogens with zero attached hydrogens (tertiary/aromatic N) is 1. The molecule has 0 bridgehead atoms. The predicted molar refractivity (Wildman–Crippen MR) is 134 cm³/mol. The molecule has 2 aromatic rings. The number of hydrogen-bond donors (Lipinski definition) is 1. The molecule has 2 aromatic carbocycles. The summed E-state index contributed by atoms with van der Waals surface area (Å²) in [6.45, 7) is 4.99. The van der Waals surface area contributed by atoms with Crippen molar-refractivity contribution >= 4 is 17.4 Å². The van der Waals surface area contributed by atoms with E-state index in [2.05, 4.69) is 0 Å². The lowest BCUT2D eigenvalue weighted by molar-refractivity contribution is -0.140. The number of benzene rings is 2. The number of carbonyl (C=O) groups is 2. The molecule has 0 spiro atoms. The molecule has 36 heavy (non-hydrogen) atoms. The van der Waals surface area contributed by atoms with Crippen LogP contribution in [-0.4, -0.2) is 69.9 Å². The van der Waals surface area contributed by atoms with Gasteiger partial charge in [0.15, 0.2) is 11.5 Å². The van der Waals surface area contributed by atoms with Crippen LogP contribution in [0.15, 0.2) is 42.0 Å². The monoisotopic (exact) mass is 499 g/mol. The number of amides is 1. The number of carbonyl (C=O) groups excluding carboxylic acids is 2. The smallest absolute Gasteiger partial charge is 0.295 e. The molecule has 1 heterocycles. The number of Topliss-reactive ketones (excluding diaryl/α,β-unsaturated/α-hetero) is 1. The quantitative estimate of drug-likeness (QED) is 0.283. The average Bonchev–Trinajstić information content (AvgIpc) is 3.14. The first-order valence-corrected chi connectivity index (χ1v) is 11.6. The zero-order valence-electron chi connectivity index (χ0n) is 21.5. The van der Waals surface area contributed by atoms with E-state index in [0.29, 0.717) is 46.6 Å². The van der Waals surface area contributed by atoms with Crippen molar-refractivity contribution in [1.82, 2.24) is 4.90 Å². The number of aliphatic hydroxyl groups is 1. The van der Waals surface area contributed by atoms with Gasteiger partial charge in [-0.3, -0.25) is 9.59 Å². The number of likely N-dealkylation sites (tertiary alicyclic amines) is 1. The Labute approximate surface area is 211 Å². The maximum absolute atomic E-state index is 13.2. The second kappa shape index (κ2) is 11.8. The highest BCUT2D eigenvalue weighted by Gasteiger charge is 2.46. The summed E-state index contributed by atoms with van der Waals surface area (Å²) in [6, 6.07) is 9.16. The summed E-state index contributed by atoms with van der Waals surface area (Å²) in [7, 11) is 5.95. The molecule has 1 atom stereocenters. The number of rotatable bonds is 11. The molecule has 1 N–H and O–H groups in total. The summed E-state index contributed by atoms with van der Waals surface area (Å²) < 4.78 is 27.2. The summed E-state index contributed by atoms with van der Waals surface area (Å²) in [5.41, 5.74) is 0.855. The van der Waals surface area contributed by atoms with Gasteiger partial charge in [0, 0.05) is 19.2 Å². The Morgan fingerprint density at radius 2 is 1.58 bits per heavy atom. The minimum atomic E-state index is -0.897. The number of ether oxygens (including phenoxy) is 5. The predicted octanol–water partition coefficient (Wildman–Crippen LogP) is 3.82. The van der Waals surface area contributed by atoms with Crippen LogP contribution < -0.4 is 18.9 Å². The third kappa shape index (κ3) is 5.41. The third-order valence-corrected chi connectivity index (χ3v) is 5.79. The van der Waals surface area contributed by atoms with Gasteiger partial charge in [0.25, 0.3) is 11.7 Å². The van der Waals surface area contributed by atoms with E-state index >= 15 is 0 Å². The SMILES string of the molecule is COCCN1C(=O)C(=O)C(=C(O)c2ccc(OCC(C)C)cc2)C1c1cc(OC)c(OC)c(OC)c1. The molecular weight excluding hydrogens is 466 g/mol.